The Morgan fingerprint density at radius 3 is 2.18 bits per heavy atom. The fraction of sp³-hybridized carbons (Fsp3) is 0.857. The molecule has 3 atom stereocenters. The second-order valence-electron chi connectivity index (χ2n) is 8.76. The van der Waals surface area contributed by atoms with Gasteiger partial charge in [-0.1, -0.05) is 40.5 Å². The van der Waals surface area contributed by atoms with Gasteiger partial charge in [-0.15, -0.1) is 0 Å². The Morgan fingerprint density at radius 2 is 1.71 bits per heavy atom. The van der Waals surface area contributed by atoms with Gasteiger partial charge in [0, 0.05) is 12.8 Å². The van der Waals surface area contributed by atoms with Gasteiger partial charge in [0.2, 0.25) is 5.91 Å². The van der Waals surface area contributed by atoms with Gasteiger partial charge in [-0.3, -0.25) is 14.4 Å². The molecule has 162 valence electrons. The second kappa shape index (κ2) is 11.6. The smallest absolute Gasteiger partial charge is 0.226 e. The number of unbranched alkanes of at least 4 members (excludes halogenated alkanes) is 1. The maximum absolute atomic E-state index is 12.7. The lowest BCUT2D eigenvalue weighted by Crippen LogP contribution is -2.50. The van der Waals surface area contributed by atoms with E-state index in [1.165, 1.54) is 0 Å². The van der Waals surface area contributed by atoms with Crippen LogP contribution in [-0.4, -0.2) is 59.2 Å². The van der Waals surface area contributed by atoms with Crippen LogP contribution >= 0.6 is 0 Å². The summed E-state index contributed by atoms with van der Waals surface area (Å²) in [4.78, 5) is 37.4. The summed E-state index contributed by atoms with van der Waals surface area (Å²) in [6.45, 7) is 7.40. The first kappa shape index (κ1) is 24.7. The molecule has 1 saturated heterocycles. The van der Waals surface area contributed by atoms with Crippen molar-refractivity contribution in [2.75, 3.05) is 19.8 Å². The SMILES string of the molecule is CC(C)CCCCC(=O)CC(CO)C(=O)NC(CC(C)C)C(=O)C1(CO)CO1. The lowest BCUT2D eigenvalue weighted by molar-refractivity contribution is -0.135. The van der Waals surface area contributed by atoms with E-state index in [9.17, 15) is 24.6 Å². The molecule has 0 spiro atoms. The number of ketones is 2. The van der Waals surface area contributed by atoms with Crippen molar-refractivity contribution in [3.05, 3.63) is 0 Å². The van der Waals surface area contributed by atoms with E-state index in [4.69, 9.17) is 4.74 Å². The Kier molecular flexibility index (Phi) is 10.3. The van der Waals surface area contributed by atoms with Crippen molar-refractivity contribution in [3.63, 3.8) is 0 Å². The van der Waals surface area contributed by atoms with Gasteiger partial charge >= 0.3 is 0 Å². The summed E-state index contributed by atoms with van der Waals surface area (Å²) in [5.74, 6) is -1.05. The molecular formula is C21H37NO6. The predicted octanol–water partition coefficient (Wildman–Crippen LogP) is 1.63. The minimum absolute atomic E-state index is 0.0335. The summed E-state index contributed by atoms with van der Waals surface area (Å²) in [5, 5.41) is 21.7. The maximum Gasteiger partial charge on any atom is 0.226 e. The van der Waals surface area contributed by atoms with Crippen molar-refractivity contribution in [3.8, 4) is 0 Å². The molecule has 0 aromatic rings. The lowest BCUT2D eigenvalue weighted by atomic mass is 9.91. The van der Waals surface area contributed by atoms with Crippen LogP contribution < -0.4 is 5.32 Å². The van der Waals surface area contributed by atoms with Crippen molar-refractivity contribution in [2.45, 2.75) is 77.9 Å². The molecule has 1 fully saturated rings. The van der Waals surface area contributed by atoms with Gasteiger partial charge in [0.25, 0.3) is 0 Å². The summed E-state index contributed by atoms with van der Waals surface area (Å²) < 4.78 is 5.12. The van der Waals surface area contributed by atoms with Crippen LogP contribution in [0, 0.1) is 17.8 Å². The summed E-state index contributed by atoms with van der Waals surface area (Å²) in [6.07, 6.45) is 3.57. The highest BCUT2D eigenvalue weighted by Crippen LogP contribution is 2.30. The number of carbonyl (C=O) groups is 3. The minimum Gasteiger partial charge on any atom is -0.396 e. The summed E-state index contributed by atoms with van der Waals surface area (Å²) in [5.41, 5.74) is -1.21. The Morgan fingerprint density at radius 1 is 1.07 bits per heavy atom. The third-order valence-corrected chi connectivity index (χ3v) is 5.09. The monoisotopic (exact) mass is 399 g/mol. The van der Waals surface area contributed by atoms with E-state index in [0.717, 1.165) is 19.3 Å². The van der Waals surface area contributed by atoms with Gasteiger partial charge in [-0.05, 0) is 24.7 Å². The van der Waals surface area contributed by atoms with Crippen molar-refractivity contribution in [1.29, 1.82) is 0 Å². The zero-order chi connectivity index (χ0) is 21.3. The van der Waals surface area contributed by atoms with E-state index >= 15 is 0 Å². The predicted molar refractivity (Wildman–Crippen MR) is 106 cm³/mol. The molecule has 0 bridgehead atoms. The molecule has 1 amide bonds. The van der Waals surface area contributed by atoms with Gasteiger partial charge in [0.05, 0.1) is 31.8 Å². The van der Waals surface area contributed by atoms with Crippen LogP contribution in [0.1, 0.15) is 66.2 Å². The Hall–Kier alpha value is -1.31. The third-order valence-electron chi connectivity index (χ3n) is 5.09. The van der Waals surface area contributed by atoms with Gasteiger partial charge in [0.15, 0.2) is 11.4 Å². The molecule has 0 aromatic carbocycles. The van der Waals surface area contributed by atoms with Crippen LogP contribution in [0.25, 0.3) is 0 Å². The largest absolute Gasteiger partial charge is 0.396 e. The number of hydrogen-bond donors (Lipinski definition) is 3. The first-order chi connectivity index (χ1) is 13.1. The number of amides is 1. The molecule has 3 unspecified atom stereocenters. The van der Waals surface area contributed by atoms with Crippen LogP contribution in [-0.2, 0) is 19.1 Å². The first-order valence-corrected chi connectivity index (χ1v) is 10.4. The number of aliphatic hydroxyl groups excluding tert-OH is 2. The number of carbonyl (C=O) groups excluding carboxylic acids is 3. The summed E-state index contributed by atoms with van der Waals surface area (Å²) in [7, 11) is 0. The van der Waals surface area contributed by atoms with Gasteiger partial charge in [-0.25, -0.2) is 0 Å². The van der Waals surface area contributed by atoms with Gasteiger partial charge < -0.3 is 20.3 Å². The fourth-order valence-corrected chi connectivity index (χ4v) is 3.20. The molecule has 0 aromatic heterocycles. The molecule has 1 heterocycles. The topological polar surface area (TPSA) is 116 Å². The van der Waals surface area contributed by atoms with Crippen LogP contribution in [0.3, 0.4) is 0 Å². The number of epoxide rings is 1. The highest BCUT2D eigenvalue weighted by Gasteiger charge is 2.54. The molecule has 0 aliphatic carbocycles. The van der Waals surface area contributed by atoms with Gasteiger partial charge in [-0.2, -0.15) is 0 Å². The van der Waals surface area contributed by atoms with Crippen molar-refractivity contribution < 1.29 is 29.3 Å². The average Bonchev–Trinajstić information content (AvgIpc) is 3.42. The zero-order valence-corrected chi connectivity index (χ0v) is 17.7. The van der Waals surface area contributed by atoms with Crippen molar-refractivity contribution in [1.82, 2.24) is 5.32 Å². The van der Waals surface area contributed by atoms with Gasteiger partial charge in [0.1, 0.15) is 5.78 Å². The van der Waals surface area contributed by atoms with E-state index in [1.807, 2.05) is 13.8 Å². The molecular weight excluding hydrogens is 362 g/mol. The van der Waals surface area contributed by atoms with Crippen LogP contribution in [0.5, 0.6) is 0 Å². The molecule has 1 rings (SSSR count). The normalized spacial score (nSPS) is 20.9. The molecule has 0 saturated carbocycles. The zero-order valence-electron chi connectivity index (χ0n) is 17.7. The molecule has 0 radical (unpaired) electrons. The standard InChI is InChI=1S/C21H37NO6/c1-14(2)7-5-6-8-17(25)10-16(11-23)20(27)22-18(9-15(3)4)19(26)21(12-24)13-28-21/h14-16,18,23-24H,5-13H2,1-4H3,(H,22,27). The number of nitrogens with one attached hydrogen (secondary N) is 1. The number of ether oxygens (including phenoxy) is 1. The summed E-state index contributed by atoms with van der Waals surface area (Å²) >= 11 is 0. The Labute approximate surface area is 168 Å². The number of Topliss-reactive ketones (excluding diaryl/α,β-unsaturated/α-hetero) is 2. The van der Waals surface area contributed by atoms with Crippen molar-refractivity contribution in [2.24, 2.45) is 17.8 Å². The average molecular weight is 400 g/mol. The highest BCUT2D eigenvalue weighted by atomic mass is 16.6. The van der Waals surface area contributed by atoms with E-state index in [0.29, 0.717) is 18.8 Å². The maximum atomic E-state index is 12.7. The van der Waals surface area contributed by atoms with Crippen LogP contribution in [0.2, 0.25) is 0 Å². The quantitative estimate of drug-likeness (QED) is 0.285. The molecule has 1 aliphatic rings. The first-order valence-electron chi connectivity index (χ1n) is 10.4. The molecule has 28 heavy (non-hydrogen) atoms. The molecule has 1 aliphatic heterocycles. The van der Waals surface area contributed by atoms with Crippen LogP contribution in [0.4, 0.5) is 0 Å². The van der Waals surface area contributed by atoms with E-state index in [1.54, 1.807) is 0 Å². The third kappa shape index (κ3) is 7.97. The van der Waals surface area contributed by atoms with E-state index in [2.05, 4.69) is 19.2 Å². The fourth-order valence-electron chi connectivity index (χ4n) is 3.20. The molecule has 7 nitrogen and oxygen atoms in total. The second-order valence-corrected chi connectivity index (χ2v) is 8.76. The van der Waals surface area contributed by atoms with E-state index < -0.39 is 36.7 Å². The summed E-state index contributed by atoms with van der Waals surface area (Å²) in [6, 6.07) is -0.808. The molecule has 7 heteroatoms. The highest BCUT2D eigenvalue weighted by molar-refractivity contribution is 5.97. The Balaban J connectivity index is 2.60. The van der Waals surface area contributed by atoms with Crippen LogP contribution in [0.15, 0.2) is 0 Å². The van der Waals surface area contributed by atoms with E-state index in [-0.39, 0.29) is 30.5 Å². The minimum atomic E-state index is -1.21. The number of aliphatic hydroxyl groups is 2. The lowest BCUT2D eigenvalue weighted by Gasteiger charge is -2.24. The Bertz CT molecular complexity index is 527. The number of rotatable bonds is 15. The number of hydrogen-bond acceptors (Lipinski definition) is 6. The molecule has 3 N–H and O–H groups in total. The van der Waals surface area contributed by atoms with Crippen molar-refractivity contribution >= 4 is 17.5 Å².